The minimum absolute atomic E-state index is 0.000203. The van der Waals surface area contributed by atoms with Crippen LogP contribution in [0.25, 0.3) is 0 Å². The lowest BCUT2D eigenvalue weighted by molar-refractivity contribution is -0.122. The molecule has 1 atom stereocenters. The summed E-state index contributed by atoms with van der Waals surface area (Å²) in [5.74, 6) is 0.355. The first-order valence-corrected chi connectivity index (χ1v) is 6.77. The van der Waals surface area contributed by atoms with Crippen molar-refractivity contribution in [1.29, 1.82) is 5.26 Å². The van der Waals surface area contributed by atoms with E-state index in [0.717, 1.165) is 18.5 Å². The van der Waals surface area contributed by atoms with Gasteiger partial charge in [-0.2, -0.15) is 5.26 Å². The first-order chi connectivity index (χ1) is 9.67. The van der Waals surface area contributed by atoms with Crippen molar-refractivity contribution < 1.29 is 9.53 Å². The summed E-state index contributed by atoms with van der Waals surface area (Å²) in [6.45, 7) is 5.10. The Labute approximate surface area is 119 Å². The van der Waals surface area contributed by atoms with Gasteiger partial charge in [0.1, 0.15) is 12.3 Å². The Morgan fingerprint density at radius 1 is 1.50 bits per heavy atom. The van der Waals surface area contributed by atoms with Crippen LogP contribution in [0.15, 0.2) is 24.3 Å². The zero-order valence-electron chi connectivity index (χ0n) is 12.0. The minimum Gasteiger partial charge on any atom is -0.484 e. The Kier molecular flexibility index (Phi) is 7.15. The first kappa shape index (κ1) is 16.0. The Hall–Kier alpha value is -2.06. The van der Waals surface area contributed by atoms with Crippen molar-refractivity contribution in [2.75, 3.05) is 19.7 Å². The molecule has 0 spiro atoms. The van der Waals surface area contributed by atoms with Crippen molar-refractivity contribution in [3.63, 3.8) is 0 Å². The topological polar surface area (TPSA) is 74.2 Å². The van der Waals surface area contributed by atoms with Gasteiger partial charge in [-0.3, -0.25) is 4.79 Å². The molecule has 0 aliphatic carbocycles. The van der Waals surface area contributed by atoms with Crippen LogP contribution in [0, 0.1) is 11.3 Å². The predicted octanol–water partition coefficient (Wildman–Crippen LogP) is 1.77. The Morgan fingerprint density at radius 2 is 2.30 bits per heavy atom. The number of hydrogen-bond acceptors (Lipinski definition) is 4. The molecule has 0 aliphatic rings. The summed E-state index contributed by atoms with van der Waals surface area (Å²) < 4.78 is 5.41. The van der Waals surface area contributed by atoms with Crippen LogP contribution in [0.1, 0.15) is 31.9 Å². The summed E-state index contributed by atoms with van der Waals surface area (Å²) in [7, 11) is 0. The maximum atomic E-state index is 11.3. The lowest BCUT2D eigenvalue weighted by Crippen LogP contribution is -2.29. The van der Waals surface area contributed by atoms with E-state index in [2.05, 4.69) is 24.5 Å². The van der Waals surface area contributed by atoms with E-state index < -0.39 is 0 Å². The standard InChI is InChI=1S/C15H21N3O2/c1-3-8-17-12(2)13-5-4-6-14(10-13)20-11-15(19)18-9-7-16/h4-6,10,12,17H,3,8-9,11H2,1-2H3,(H,18,19). The van der Waals surface area contributed by atoms with E-state index in [0.29, 0.717) is 5.75 Å². The van der Waals surface area contributed by atoms with Crippen molar-refractivity contribution in [1.82, 2.24) is 10.6 Å². The number of amides is 1. The third-order valence-electron chi connectivity index (χ3n) is 2.79. The molecule has 0 bridgehead atoms. The highest BCUT2D eigenvalue weighted by Crippen LogP contribution is 2.19. The highest BCUT2D eigenvalue weighted by Gasteiger charge is 2.06. The molecule has 0 heterocycles. The molecule has 0 radical (unpaired) electrons. The summed E-state index contributed by atoms with van der Waals surface area (Å²) in [5, 5.41) is 14.2. The van der Waals surface area contributed by atoms with Gasteiger partial charge in [-0.15, -0.1) is 0 Å². The van der Waals surface area contributed by atoms with E-state index in [1.165, 1.54) is 0 Å². The Balaban J connectivity index is 2.51. The number of nitriles is 1. The summed E-state index contributed by atoms with van der Waals surface area (Å²) >= 11 is 0. The fourth-order valence-corrected chi connectivity index (χ4v) is 1.69. The molecule has 20 heavy (non-hydrogen) atoms. The second-order valence-electron chi connectivity index (χ2n) is 4.47. The summed E-state index contributed by atoms with van der Waals surface area (Å²) in [6, 6.07) is 9.75. The second-order valence-corrected chi connectivity index (χ2v) is 4.47. The largest absolute Gasteiger partial charge is 0.484 e. The maximum Gasteiger partial charge on any atom is 0.258 e. The average Bonchev–Trinajstić information content (AvgIpc) is 2.48. The summed E-state index contributed by atoms with van der Waals surface area (Å²) in [6.07, 6.45) is 1.08. The van der Waals surface area contributed by atoms with Crippen molar-refractivity contribution in [2.45, 2.75) is 26.3 Å². The molecule has 1 unspecified atom stereocenters. The molecule has 1 amide bonds. The second kappa shape index (κ2) is 8.94. The quantitative estimate of drug-likeness (QED) is 0.709. The van der Waals surface area contributed by atoms with Crippen molar-refractivity contribution in [2.24, 2.45) is 0 Å². The Bertz CT molecular complexity index is 468. The number of carbonyl (C=O) groups is 1. The van der Waals surface area contributed by atoms with E-state index in [1.54, 1.807) is 0 Å². The normalized spacial score (nSPS) is 11.4. The van der Waals surface area contributed by atoms with Crippen LogP contribution in [0.5, 0.6) is 5.75 Å². The number of hydrogen-bond donors (Lipinski definition) is 2. The average molecular weight is 275 g/mol. The Morgan fingerprint density at radius 3 is 3.00 bits per heavy atom. The van der Waals surface area contributed by atoms with E-state index in [1.807, 2.05) is 30.3 Å². The van der Waals surface area contributed by atoms with Crippen molar-refractivity contribution in [3.05, 3.63) is 29.8 Å². The lowest BCUT2D eigenvalue weighted by atomic mass is 10.1. The molecule has 1 rings (SSSR count). The van der Waals surface area contributed by atoms with Gasteiger partial charge in [-0.25, -0.2) is 0 Å². The van der Waals surface area contributed by atoms with E-state index >= 15 is 0 Å². The van der Waals surface area contributed by atoms with Crippen LogP contribution in [0.4, 0.5) is 0 Å². The van der Waals surface area contributed by atoms with Gasteiger partial charge < -0.3 is 15.4 Å². The summed E-state index contributed by atoms with van der Waals surface area (Å²) in [4.78, 5) is 11.3. The van der Waals surface area contributed by atoms with Gasteiger partial charge >= 0.3 is 0 Å². The van der Waals surface area contributed by atoms with Gasteiger partial charge in [0.2, 0.25) is 0 Å². The number of ether oxygens (including phenoxy) is 1. The predicted molar refractivity (Wildman–Crippen MR) is 77.3 cm³/mol. The van der Waals surface area contributed by atoms with Gasteiger partial charge in [0, 0.05) is 6.04 Å². The number of carbonyl (C=O) groups excluding carboxylic acids is 1. The molecule has 108 valence electrons. The molecule has 1 aromatic carbocycles. The number of nitrogens with one attached hydrogen (secondary N) is 2. The highest BCUT2D eigenvalue weighted by atomic mass is 16.5. The van der Waals surface area contributed by atoms with Gasteiger partial charge in [-0.05, 0) is 37.6 Å². The lowest BCUT2D eigenvalue weighted by Gasteiger charge is -2.15. The number of nitrogens with zero attached hydrogens (tertiary/aromatic N) is 1. The van der Waals surface area contributed by atoms with E-state index in [4.69, 9.17) is 10.00 Å². The minimum atomic E-state index is -0.297. The van der Waals surface area contributed by atoms with Gasteiger partial charge in [0.05, 0.1) is 6.07 Å². The van der Waals surface area contributed by atoms with Crippen LogP contribution < -0.4 is 15.4 Å². The number of rotatable bonds is 8. The van der Waals surface area contributed by atoms with E-state index in [9.17, 15) is 4.79 Å². The van der Waals surface area contributed by atoms with Crippen LogP contribution in [-0.4, -0.2) is 25.6 Å². The molecule has 0 aliphatic heterocycles. The molecule has 0 aromatic heterocycles. The van der Waals surface area contributed by atoms with Gasteiger partial charge in [-0.1, -0.05) is 19.1 Å². The zero-order chi connectivity index (χ0) is 14.8. The SMILES string of the molecule is CCCNC(C)c1cccc(OCC(=O)NCC#N)c1. The fourth-order valence-electron chi connectivity index (χ4n) is 1.69. The van der Waals surface area contributed by atoms with Crippen LogP contribution >= 0.6 is 0 Å². The summed E-state index contributed by atoms with van der Waals surface area (Å²) in [5.41, 5.74) is 1.12. The highest BCUT2D eigenvalue weighted by molar-refractivity contribution is 5.77. The maximum absolute atomic E-state index is 11.3. The first-order valence-electron chi connectivity index (χ1n) is 6.77. The van der Waals surface area contributed by atoms with Crippen molar-refractivity contribution in [3.8, 4) is 11.8 Å². The van der Waals surface area contributed by atoms with Gasteiger partial charge in [0.25, 0.3) is 5.91 Å². The molecule has 1 aromatic rings. The number of benzene rings is 1. The monoisotopic (exact) mass is 275 g/mol. The third-order valence-corrected chi connectivity index (χ3v) is 2.79. The third kappa shape index (κ3) is 5.72. The van der Waals surface area contributed by atoms with Gasteiger partial charge in [0.15, 0.2) is 6.61 Å². The molecule has 0 saturated carbocycles. The molecule has 2 N–H and O–H groups in total. The van der Waals surface area contributed by atoms with Crippen LogP contribution in [0.3, 0.4) is 0 Å². The van der Waals surface area contributed by atoms with E-state index in [-0.39, 0.29) is 25.1 Å². The molecule has 0 fully saturated rings. The molecule has 5 heteroatoms. The molecular formula is C15H21N3O2. The molecular weight excluding hydrogens is 254 g/mol. The smallest absolute Gasteiger partial charge is 0.258 e. The van der Waals surface area contributed by atoms with Crippen LogP contribution in [0.2, 0.25) is 0 Å². The molecule has 5 nitrogen and oxygen atoms in total. The van der Waals surface area contributed by atoms with Crippen molar-refractivity contribution >= 4 is 5.91 Å². The fraction of sp³-hybridized carbons (Fsp3) is 0.467. The zero-order valence-corrected chi connectivity index (χ0v) is 12.0. The van der Waals surface area contributed by atoms with Crippen LogP contribution in [-0.2, 0) is 4.79 Å². The molecule has 0 saturated heterocycles.